The molecule has 3 nitrogen and oxygen atoms in total. The lowest BCUT2D eigenvalue weighted by atomic mass is 9.63. The van der Waals surface area contributed by atoms with Crippen LogP contribution in [0, 0.1) is 26.2 Å². The van der Waals surface area contributed by atoms with E-state index in [2.05, 4.69) is 40.9 Å². The van der Waals surface area contributed by atoms with Gasteiger partial charge in [0.2, 0.25) is 5.91 Å². The third-order valence-corrected chi connectivity index (χ3v) is 4.11. The number of nitrogens with zero attached hydrogens (tertiary/aromatic N) is 1. The minimum absolute atomic E-state index is 0.165. The van der Waals surface area contributed by atoms with Crippen LogP contribution in [0.4, 0.5) is 5.69 Å². The van der Waals surface area contributed by atoms with Gasteiger partial charge in [-0.05, 0) is 53.5 Å². The molecule has 4 heteroatoms. The number of para-hydroxylation sites is 1. The summed E-state index contributed by atoms with van der Waals surface area (Å²) in [6, 6.07) is 9.75. The van der Waals surface area contributed by atoms with Gasteiger partial charge in [0, 0.05) is 3.57 Å². The number of hydrogen-bond acceptors (Lipinski definition) is 2. The van der Waals surface area contributed by atoms with Crippen molar-refractivity contribution >= 4 is 34.2 Å². The van der Waals surface area contributed by atoms with Crippen LogP contribution in [-0.4, -0.2) is 5.91 Å². The van der Waals surface area contributed by atoms with Gasteiger partial charge in [-0.15, -0.1) is 0 Å². The summed E-state index contributed by atoms with van der Waals surface area (Å²) in [5.41, 5.74) is -0.0227. The molecule has 0 saturated heterocycles. The second-order valence-electron chi connectivity index (χ2n) is 4.64. The van der Waals surface area contributed by atoms with Crippen LogP contribution >= 0.6 is 22.6 Å². The number of carbonyl (C=O) groups is 1. The lowest BCUT2D eigenvalue weighted by molar-refractivity contribution is -0.128. The van der Waals surface area contributed by atoms with Crippen LogP contribution < -0.4 is 5.32 Å². The molecule has 1 amide bonds. The molecule has 0 bridgehead atoms. The molecule has 1 aliphatic carbocycles. The van der Waals surface area contributed by atoms with Crippen LogP contribution in [-0.2, 0) is 4.79 Å². The van der Waals surface area contributed by atoms with Crippen molar-refractivity contribution in [2.45, 2.75) is 19.8 Å². The van der Waals surface area contributed by atoms with E-state index in [-0.39, 0.29) is 5.91 Å². The van der Waals surface area contributed by atoms with Gasteiger partial charge in [0.1, 0.15) is 5.41 Å². The zero-order chi connectivity index (χ0) is 12.5. The molecule has 0 aliphatic heterocycles. The van der Waals surface area contributed by atoms with Gasteiger partial charge in [0.25, 0.3) is 0 Å². The van der Waals surface area contributed by atoms with Crippen molar-refractivity contribution in [1.29, 1.82) is 5.26 Å². The summed E-state index contributed by atoms with van der Waals surface area (Å²) >= 11 is 2.17. The molecule has 0 spiro atoms. The fourth-order valence-corrected chi connectivity index (χ4v) is 2.78. The quantitative estimate of drug-likeness (QED) is 0.841. The number of hydrogen-bond donors (Lipinski definition) is 1. The molecule has 0 unspecified atom stereocenters. The van der Waals surface area contributed by atoms with Crippen molar-refractivity contribution < 1.29 is 4.79 Å². The van der Waals surface area contributed by atoms with Crippen LogP contribution in [0.1, 0.15) is 19.8 Å². The molecule has 88 valence electrons. The normalized spacial score (nSPS) is 26.8. The third-order valence-electron chi connectivity index (χ3n) is 3.16. The Balaban J connectivity index is 2.13. The fraction of sp³-hybridized carbons (Fsp3) is 0.385. The van der Waals surface area contributed by atoms with Gasteiger partial charge in [-0.3, -0.25) is 4.79 Å². The van der Waals surface area contributed by atoms with E-state index in [0.717, 1.165) is 9.26 Å². The Morgan fingerprint density at radius 1 is 1.53 bits per heavy atom. The van der Waals surface area contributed by atoms with Crippen molar-refractivity contribution in [3.63, 3.8) is 0 Å². The topological polar surface area (TPSA) is 52.9 Å². The first-order valence-electron chi connectivity index (χ1n) is 5.55. The molecular weight excluding hydrogens is 327 g/mol. The Labute approximate surface area is 114 Å². The summed E-state index contributed by atoms with van der Waals surface area (Å²) in [7, 11) is 0. The molecule has 1 aliphatic rings. The maximum absolute atomic E-state index is 12.1. The summed E-state index contributed by atoms with van der Waals surface area (Å²) in [6.45, 7) is 2.06. The van der Waals surface area contributed by atoms with Crippen LogP contribution in [0.15, 0.2) is 24.3 Å². The summed E-state index contributed by atoms with van der Waals surface area (Å²) in [6.07, 6.45) is 1.33. The van der Waals surface area contributed by atoms with E-state index in [1.165, 1.54) is 0 Å². The highest BCUT2D eigenvalue weighted by Gasteiger charge is 2.49. The van der Waals surface area contributed by atoms with E-state index in [0.29, 0.717) is 18.8 Å². The van der Waals surface area contributed by atoms with Crippen LogP contribution in [0.25, 0.3) is 0 Å². The maximum atomic E-state index is 12.1. The van der Waals surface area contributed by atoms with Gasteiger partial charge in [-0.2, -0.15) is 5.26 Å². The predicted molar refractivity (Wildman–Crippen MR) is 74.2 cm³/mol. The fourth-order valence-electron chi connectivity index (χ4n) is 2.26. The Kier molecular flexibility index (Phi) is 3.38. The molecule has 2 rings (SSSR count). The Hall–Kier alpha value is -1.09. The summed E-state index contributed by atoms with van der Waals surface area (Å²) < 4.78 is 0.985. The minimum Gasteiger partial charge on any atom is -0.324 e. The molecule has 0 radical (unpaired) electrons. The number of benzene rings is 1. The van der Waals surface area contributed by atoms with Gasteiger partial charge >= 0.3 is 0 Å². The lowest BCUT2D eigenvalue weighted by Gasteiger charge is -2.39. The molecule has 17 heavy (non-hydrogen) atoms. The number of anilines is 1. The van der Waals surface area contributed by atoms with Crippen molar-refractivity contribution in [2.24, 2.45) is 11.3 Å². The van der Waals surface area contributed by atoms with Crippen LogP contribution in [0.5, 0.6) is 0 Å². The number of carbonyl (C=O) groups excluding carboxylic acids is 1. The first kappa shape index (κ1) is 12.4. The van der Waals surface area contributed by atoms with E-state index in [4.69, 9.17) is 5.26 Å². The Bertz CT molecular complexity index is 486. The maximum Gasteiger partial charge on any atom is 0.244 e. The number of halogens is 1. The van der Waals surface area contributed by atoms with Gasteiger partial charge in [-0.25, -0.2) is 0 Å². The number of amides is 1. The monoisotopic (exact) mass is 340 g/mol. The Morgan fingerprint density at radius 2 is 2.18 bits per heavy atom. The minimum atomic E-state index is -0.807. The first-order chi connectivity index (χ1) is 8.07. The SMILES string of the molecule is CC1CC(C#N)(C(=O)Nc2ccccc2I)C1. The van der Waals surface area contributed by atoms with Gasteiger partial charge in [0.05, 0.1) is 11.8 Å². The Morgan fingerprint density at radius 3 is 2.71 bits per heavy atom. The number of nitrogens with one attached hydrogen (secondary N) is 1. The second-order valence-corrected chi connectivity index (χ2v) is 5.80. The van der Waals surface area contributed by atoms with Gasteiger partial charge in [-0.1, -0.05) is 19.1 Å². The lowest BCUT2D eigenvalue weighted by Crippen LogP contribution is -2.45. The second kappa shape index (κ2) is 4.65. The highest BCUT2D eigenvalue weighted by Crippen LogP contribution is 2.45. The highest BCUT2D eigenvalue weighted by atomic mass is 127. The van der Waals surface area contributed by atoms with Crippen molar-refractivity contribution in [2.75, 3.05) is 5.32 Å². The zero-order valence-electron chi connectivity index (χ0n) is 9.53. The molecule has 1 N–H and O–H groups in total. The largest absolute Gasteiger partial charge is 0.324 e. The number of nitriles is 1. The molecule has 0 heterocycles. The van der Waals surface area contributed by atoms with E-state index in [1.807, 2.05) is 24.3 Å². The molecule has 1 fully saturated rings. The van der Waals surface area contributed by atoms with E-state index in [1.54, 1.807) is 0 Å². The van der Waals surface area contributed by atoms with Crippen molar-refractivity contribution in [3.8, 4) is 6.07 Å². The third kappa shape index (κ3) is 2.29. The smallest absolute Gasteiger partial charge is 0.244 e. The molecule has 1 aromatic rings. The molecule has 1 aromatic carbocycles. The van der Waals surface area contributed by atoms with Crippen molar-refractivity contribution in [1.82, 2.24) is 0 Å². The van der Waals surface area contributed by atoms with Gasteiger partial charge < -0.3 is 5.32 Å². The van der Waals surface area contributed by atoms with E-state index in [9.17, 15) is 4.79 Å². The molecule has 0 atom stereocenters. The average molecular weight is 340 g/mol. The standard InChI is InChI=1S/C13H13IN2O/c1-9-6-13(7-9,8-15)12(17)16-11-5-3-2-4-10(11)14/h2-5,9H,6-7H2,1H3,(H,16,17). The molecule has 0 aromatic heterocycles. The summed E-state index contributed by atoms with van der Waals surface area (Å²) in [5.74, 6) is 0.303. The van der Waals surface area contributed by atoms with Gasteiger partial charge in [0.15, 0.2) is 0 Å². The molecule has 1 saturated carbocycles. The van der Waals surface area contributed by atoms with E-state index >= 15 is 0 Å². The van der Waals surface area contributed by atoms with Crippen molar-refractivity contribution in [3.05, 3.63) is 27.8 Å². The van der Waals surface area contributed by atoms with Crippen LogP contribution in [0.2, 0.25) is 0 Å². The zero-order valence-corrected chi connectivity index (χ0v) is 11.7. The predicted octanol–water partition coefficient (Wildman–Crippen LogP) is 3.17. The summed E-state index contributed by atoms with van der Waals surface area (Å²) in [5, 5.41) is 12.0. The molecular formula is C13H13IN2O. The van der Waals surface area contributed by atoms with E-state index < -0.39 is 5.41 Å². The first-order valence-corrected chi connectivity index (χ1v) is 6.62. The van der Waals surface area contributed by atoms with Crippen LogP contribution in [0.3, 0.4) is 0 Å². The summed E-state index contributed by atoms with van der Waals surface area (Å²) in [4.78, 5) is 12.1. The number of rotatable bonds is 2. The average Bonchev–Trinajstić information content (AvgIpc) is 2.27. The highest BCUT2D eigenvalue weighted by molar-refractivity contribution is 14.1.